The molecule has 4 heteroatoms. The molecule has 0 aliphatic heterocycles. The van der Waals surface area contributed by atoms with Gasteiger partial charge in [-0.05, 0) is 18.8 Å². The highest BCUT2D eigenvalue weighted by atomic mass is 16.5. The largest absolute Gasteiger partial charge is 0.463 e. The summed E-state index contributed by atoms with van der Waals surface area (Å²) in [5.41, 5.74) is 0. The molecule has 0 fully saturated rings. The molecule has 0 heterocycles. The van der Waals surface area contributed by atoms with E-state index in [0.29, 0.717) is 12.3 Å². The van der Waals surface area contributed by atoms with Crippen molar-refractivity contribution in [1.29, 1.82) is 0 Å². The minimum absolute atomic E-state index is 0.110. The molecule has 0 aromatic rings. The Morgan fingerprint density at radius 1 is 1.29 bits per heavy atom. The van der Waals surface area contributed by atoms with Crippen LogP contribution in [-0.2, 0) is 9.53 Å². The molecule has 2 atom stereocenters. The molecule has 102 valence electrons. The Bertz CT molecular complexity index is 194. The zero-order chi connectivity index (χ0) is 13.1. The Hall–Kier alpha value is -0.610. The highest BCUT2D eigenvalue weighted by Gasteiger charge is 2.10. The second kappa shape index (κ2) is 10.5. The average Bonchev–Trinajstić information content (AvgIpc) is 2.34. The standard InChI is InChI=1S/C13H26O4/c1-3-6-11(4-2)7-5-8-13(16)17-10-12(15)9-14/h11-12,14-15H,3-10H2,1-2H3. The van der Waals surface area contributed by atoms with Crippen LogP contribution in [0.3, 0.4) is 0 Å². The number of carbonyl (C=O) groups is 1. The minimum atomic E-state index is -0.956. The smallest absolute Gasteiger partial charge is 0.305 e. The molecule has 0 aliphatic rings. The van der Waals surface area contributed by atoms with Gasteiger partial charge in [0.25, 0.3) is 0 Å². The van der Waals surface area contributed by atoms with Crippen molar-refractivity contribution in [3.63, 3.8) is 0 Å². The first kappa shape index (κ1) is 16.4. The van der Waals surface area contributed by atoms with Gasteiger partial charge in [0, 0.05) is 6.42 Å². The van der Waals surface area contributed by atoms with Crippen LogP contribution < -0.4 is 0 Å². The second-order valence-corrected chi connectivity index (χ2v) is 4.47. The van der Waals surface area contributed by atoms with Gasteiger partial charge in [0.1, 0.15) is 12.7 Å². The van der Waals surface area contributed by atoms with Crippen LogP contribution in [0.5, 0.6) is 0 Å². The van der Waals surface area contributed by atoms with Gasteiger partial charge in [-0.25, -0.2) is 0 Å². The molecule has 4 nitrogen and oxygen atoms in total. The summed E-state index contributed by atoms with van der Waals surface area (Å²) in [6.07, 6.45) is 4.90. The van der Waals surface area contributed by atoms with Gasteiger partial charge in [-0.2, -0.15) is 0 Å². The van der Waals surface area contributed by atoms with Crippen LogP contribution in [0.15, 0.2) is 0 Å². The van der Waals surface area contributed by atoms with Gasteiger partial charge in [0.2, 0.25) is 0 Å². The summed E-state index contributed by atoms with van der Waals surface area (Å²) in [5, 5.41) is 17.5. The fourth-order valence-corrected chi connectivity index (χ4v) is 1.81. The minimum Gasteiger partial charge on any atom is -0.463 e. The second-order valence-electron chi connectivity index (χ2n) is 4.47. The van der Waals surface area contributed by atoms with Gasteiger partial charge >= 0.3 is 5.97 Å². The molecular weight excluding hydrogens is 220 g/mol. The van der Waals surface area contributed by atoms with Crippen LogP contribution in [0, 0.1) is 5.92 Å². The van der Waals surface area contributed by atoms with E-state index in [2.05, 4.69) is 13.8 Å². The first-order chi connectivity index (χ1) is 8.13. The van der Waals surface area contributed by atoms with E-state index >= 15 is 0 Å². The predicted molar refractivity (Wildman–Crippen MR) is 66.6 cm³/mol. The predicted octanol–water partition coefficient (Wildman–Crippen LogP) is 1.88. The quantitative estimate of drug-likeness (QED) is 0.578. The number of rotatable bonds is 10. The van der Waals surface area contributed by atoms with E-state index in [0.717, 1.165) is 19.3 Å². The van der Waals surface area contributed by atoms with Crippen molar-refractivity contribution in [1.82, 2.24) is 0 Å². The highest BCUT2D eigenvalue weighted by Crippen LogP contribution is 2.18. The fourth-order valence-electron chi connectivity index (χ4n) is 1.81. The fraction of sp³-hybridized carbons (Fsp3) is 0.923. The molecule has 0 amide bonds. The molecular formula is C13H26O4. The summed E-state index contributed by atoms with van der Waals surface area (Å²) in [6, 6.07) is 0. The number of hydrogen-bond donors (Lipinski definition) is 2. The van der Waals surface area contributed by atoms with Crippen molar-refractivity contribution in [2.24, 2.45) is 5.92 Å². The molecule has 0 saturated carbocycles. The summed E-state index contributed by atoms with van der Waals surface area (Å²) < 4.78 is 4.82. The lowest BCUT2D eigenvalue weighted by atomic mass is 9.95. The van der Waals surface area contributed by atoms with Gasteiger partial charge in [-0.3, -0.25) is 4.79 Å². The monoisotopic (exact) mass is 246 g/mol. The summed E-state index contributed by atoms with van der Waals surface area (Å²) >= 11 is 0. The number of hydrogen-bond acceptors (Lipinski definition) is 4. The Morgan fingerprint density at radius 3 is 2.53 bits per heavy atom. The van der Waals surface area contributed by atoms with E-state index < -0.39 is 6.10 Å². The Kier molecular flexibility index (Phi) is 10.2. The Morgan fingerprint density at radius 2 is 2.00 bits per heavy atom. The lowest BCUT2D eigenvalue weighted by molar-refractivity contribution is -0.147. The Balaban J connectivity index is 3.56. The molecule has 2 N–H and O–H groups in total. The molecule has 0 spiro atoms. The molecule has 2 unspecified atom stereocenters. The molecule has 0 saturated heterocycles. The van der Waals surface area contributed by atoms with Crippen molar-refractivity contribution in [3.05, 3.63) is 0 Å². The van der Waals surface area contributed by atoms with Crippen LogP contribution in [0.25, 0.3) is 0 Å². The van der Waals surface area contributed by atoms with Crippen molar-refractivity contribution in [3.8, 4) is 0 Å². The van der Waals surface area contributed by atoms with Crippen LogP contribution >= 0.6 is 0 Å². The highest BCUT2D eigenvalue weighted by molar-refractivity contribution is 5.69. The van der Waals surface area contributed by atoms with E-state index in [-0.39, 0.29) is 19.2 Å². The summed E-state index contributed by atoms with van der Waals surface area (Å²) in [6.45, 7) is 3.87. The number of carbonyl (C=O) groups excluding carboxylic acids is 1. The first-order valence-electron chi connectivity index (χ1n) is 6.58. The Labute approximate surface area is 104 Å². The van der Waals surface area contributed by atoms with E-state index in [9.17, 15) is 4.79 Å². The molecule has 0 bridgehead atoms. The maximum absolute atomic E-state index is 11.3. The van der Waals surface area contributed by atoms with Crippen molar-refractivity contribution in [2.75, 3.05) is 13.2 Å². The number of aliphatic hydroxyl groups excluding tert-OH is 2. The molecule has 0 aromatic carbocycles. The van der Waals surface area contributed by atoms with Gasteiger partial charge in [0.15, 0.2) is 0 Å². The van der Waals surface area contributed by atoms with Gasteiger partial charge in [-0.15, -0.1) is 0 Å². The van der Waals surface area contributed by atoms with Crippen molar-refractivity contribution in [2.45, 2.75) is 58.5 Å². The third-order valence-corrected chi connectivity index (χ3v) is 2.92. The molecule has 0 aliphatic carbocycles. The van der Waals surface area contributed by atoms with E-state index in [1.165, 1.54) is 12.8 Å². The van der Waals surface area contributed by atoms with Gasteiger partial charge < -0.3 is 14.9 Å². The lowest BCUT2D eigenvalue weighted by Crippen LogP contribution is -2.21. The maximum atomic E-state index is 11.3. The average molecular weight is 246 g/mol. The molecule has 17 heavy (non-hydrogen) atoms. The van der Waals surface area contributed by atoms with Gasteiger partial charge in [0.05, 0.1) is 6.61 Å². The van der Waals surface area contributed by atoms with Crippen LogP contribution in [0.4, 0.5) is 0 Å². The molecule has 0 aromatic heterocycles. The van der Waals surface area contributed by atoms with Crippen molar-refractivity contribution >= 4 is 5.97 Å². The van der Waals surface area contributed by atoms with Crippen LogP contribution in [0.1, 0.15) is 52.4 Å². The van der Waals surface area contributed by atoms with Crippen LogP contribution in [-0.4, -0.2) is 35.5 Å². The molecule has 0 rings (SSSR count). The summed E-state index contributed by atoms with van der Waals surface area (Å²) in [7, 11) is 0. The van der Waals surface area contributed by atoms with Gasteiger partial charge in [-0.1, -0.05) is 33.1 Å². The third-order valence-electron chi connectivity index (χ3n) is 2.92. The van der Waals surface area contributed by atoms with E-state index in [1.807, 2.05) is 0 Å². The molecule has 0 radical (unpaired) electrons. The lowest BCUT2D eigenvalue weighted by Gasteiger charge is -2.13. The zero-order valence-corrected chi connectivity index (χ0v) is 11.0. The SMILES string of the molecule is CCCC(CC)CCCC(=O)OCC(O)CO. The normalized spacial score (nSPS) is 14.4. The number of ether oxygens (including phenoxy) is 1. The third kappa shape index (κ3) is 9.12. The topological polar surface area (TPSA) is 66.8 Å². The first-order valence-corrected chi connectivity index (χ1v) is 6.58. The maximum Gasteiger partial charge on any atom is 0.305 e. The van der Waals surface area contributed by atoms with E-state index in [4.69, 9.17) is 14.9 Å². The number of aliphatic hydroxyl groups is 2. The zero-order valence-electron chi connectivity index (χ0n) is 11.0. The van der Waals surface area contributed by atoms with Crippen molar-refractivity contribution < 1.29 is 19.7 Å². The summed E-state index contributed by atoms with van der Waals surface area (Å²) in [4.78, 5) is 11.3. The van der Waals surface area contributed by atoms with Crippen LogP contribution in [0.2, 0.25) is 0 Å². The van der Waals surface area contributed by atoms with E-state index in [1.54, 1.807) is 0 Å². The number of esters is 1. The summed E-state index contributed by atoms with van der Waals surface area (Å²) in [5.74, 6) is 0.416.